The molecule has 0 saturated heterocycles. The molecule has 1 aliphatic heterocycles. The van der Waals surface area contributed by atoms with Crippen LogP contribution in [-0.2, 0) is 4.74 Å². The van der Waals surface area contributed by atoms with Crippen LogP contribution < -0.4 is 0 Å². The number of fused-ring (bicyclic) bond motifs is 3. The van der Waals surface area contributed by atoms with E-state index in [1.54, 1.807) is 24.3 Å². The fourth-order valence-electron chi connectivity index (χ4n) is 6.50. The number of ketones is 2. The summed E-state index contributed by atoms with van der Waals surface area (Å²) in [6.45, 7) is 6.69. The van der Waals surface area contributed by atoms with Gasteiger partial charge in [-0.3, -0.25) is 9.59 Å². The van der Waals surface area contributed by atoms with Crippen molar-refractivity contribution < 1.29 is 19.4 Å². The molecule has 0 aromatic heterocycles. The van der Waals surface area contributed by atoms with Gasteiger partial charge in [0.05, 0.1) is 6.10 Å². The van der Waals surface area contributed by atoms with Crippen LogP contribution in [0.1, 0.15) is 80.0 Å². The van der Waals surface area contributed by atoms with Crippen LogP contribution in [0.25, 0.3) is 0 Å². The van der Waals surface area contributed by atoms with Gasteiger partial charge < -0.3 is 9.84 Å². The van der Waals surface area contributed by atoms with E-state index in [2.05, 4.69) is 20.8 Å². The molecule has 1 aromatic rings. The topological polar surface area (TPSA) is 63.6 Å². The minimum atomic E-state index is -0.471. The smallest absolute Gasteiger partial charge is 0.228 e. The van der Waals surface area contributed by atoms with E-state index in [1.165, 1.54) is 0 Å². The minimum absolute atomic E-state index is 0.0705. The fraction of sp³-hybridized carbons (Fsp3) is 0.600. The number of allylic oxidation sites excluding steroid dienone is 2. The van der Waals surface area contributed by atoms with Crippen molar-refractivity contribution in [2.24, 2.45) is 23.2 Å². The van der Waals surface area contributed by atoms with Crippen molar-refractivity contribution in [3.63, 3.8) is 0 Å². The first-order chi connectivity index (χ1) is 13.7. The van der Waals surface area contributed by atoms with Crippen molar-refractivity contribution in [2.75, 3.05) is 0 Å². The number of carbonyl (C=O) groups excluding carboxylic acids is 2. The number of hydrogen-bond acceptors (Lipinski definition) is 4. The highest BCUT2D eigenvalue weighted by molar-refractivity contribution is 6.26. The Bertz CT molecular complexity index is 927. The second-order valence-electron chi connectivity index (χ2n) is 10.5. The van der Waals surface area contributed by atoms with Crippen LogP contribution in [-0.4, -0.2) is 28.4 Å². The molecule has 29 heavy (non-hydrogen) atoms. The zero-order valence-corrected chi connectivity index (χ0v) is 17.5. The van der Waals surface area contributed by atoms with Gasteiger partial charge in [0.15, 0.2) is 11.5 Å². The highest BCUT2D eigenvalue weighted by atomic mass is 16.5. The number of carbonyl (C=O) groups is 2. The first-order valence-electron chi connectivity index (χ1n) is 11.0. The quantitative estimate of drug-likeness (QED) is 0.692. The third kappa shape index (κ3) is 2.75. The number of rotatable bonds is 0. The number of ether oxygens (including phenoxy) is 1. The predicted molar refractivity (Wildman–Crippen MR) is 110 cm³/mol. The van der Waals surface area contributed by atoms with Crippen LogP contribution in [0.3, 0.4) is 0 Å². The van der Waals surface area contributed by atoms with E-state index in [0.29, 0.717) is 35.0 Å². The van der Waals surface area contributed by atoms with Crippen LogP contribution in [0.5, 0.6) is 0 Å². The second-order valence-corrected chi connectivity index (χ2v) is 10.5. The van der Waals surface area contributed by atoms with Gasteiger partial charge >= 0.3 is 0 Å². The van der Waals surface area contributed by atoms with Gasteiger partial charge in [0.25, 0.3) is 0 Å². The van der Waals surface area contributed by atoms with Crippen molar-refractivity contribution in [1.82, 2.24) is 0 Å². The monoisotopic (exact) mass is 394 g/mol. The fourth-order valence-corrected chi connectivity index (χ4v) is 6.50. The molecule has 4 nitrogen and oxygen atoms in total. The first-order valence-corrected chi connectivity index (χ1v) is 11.0. The Labute approximate surface area is 172 Å². The molecule has 0 amide bonds. The molecule has 1 N–H and O–H groups in total. The van der Waals surface area contributed by atoms with E-state index < -0.39 is 5.60 Å². The Hall–Kier alpha value is -1.94. The van der Waals surface area contributed by atoms with Gasteiger partial charge in [-0.05, 0) is 62.7 Å². The summed E-state index contributed by atoms with van der Waals surface area (Å²) in [5.74, 6) is 1.03. The average Bonchev–Trinajstić information content (AvgIpc) is 2.72. The lowest BCUT2D eigenvalue weighted by atomic mass is 9.52. The predicted octanol–water partition coefficient (Wildman–Crippen LogP) is 4.71. The maximum atomic E-state index is 13.1. The van der Waals surface area contributed by atoms with E-state index >= 15 is 0 Å². The van der Waals surface area contributed by atoms with Crippen LogP contribution in [0, 0.1) is 23.2 Å². The third-order valence-corrected chi connectivity index (χ3v) is 8.36. The molecule has 2 fully saturated rings. The lowest BCUT2D eigenvalue weighted by Crippen LogP contribution is -2.49. The van der Waals surface area contributed by atoms with Gasteiger partial charge in [-0.1, -0.05) is 38.1 Å². The first kappa shape index (κ1) is 19.0. The Morgan fingerprint density at radius 1 is 1.00 bits per heavy atom. The maximum Gasteiger partial charge on any atom is 0.228 e. The van der Waals surface area contributed by atoms with Crippen LogP contribution in [0.2, 0.25) is 0 Å². The summed E-state index contributed by atoms with van der Waals surface area (Å²) >= 11 is 0. The number of Topliss-reactive ketones (excluding diaryl/α,β-unsaturated/α-hetero) is 2. The average molecular weight is 395 g/mol. The lowest BCUT2D eigenvalue weighted by molar-refractivity contribution is -0.0957. The van der Waals surface area contributed by atoms with Gasteiger partial charge in [-0.2, -0.15) is 0 Å². The van der Waals surface area contributed by atoms with Gasteiger partial charge in [-0.25, -0.2) is 0 Å². The Balaban J connectivity index is 1.50. The van der Waals surface area contributed by atoms with E-state index in [0.717, 1.165) is 32.1 Å². The lowest BCUT2D eigenvalue weighted by Gasteiger charge is -2.54. The standard InChI is InChI=1S/C25H30O4/c1-24(2)13-18-19(24)10-11-25(3)14(8-9-20(18)26)12-17-21(27)15-6-4-5-7-16(15)22(28)23(17)29-25/h4-7,14,18-20,26H,8-13H2,1-3H3/t14-,18-,19+,20+,25+/m0/s1. The van der Waals surface area contributed by atoms with Crippen LogP contribution in [0.4, 0.5) is 0 Å². The Morgan fingerprint density at radius 3 is 2.38 bits per heavy atom. The molecule has 3 aliphatic carbocycles. The molecule has 0 spiro atoms. The molecule has 1 heterocycles. The second kappa shape index (κ2) is 6.28. The Kier molecular flexibility index (Phi) is 4.12. The third-order valence-electron chi connectivity index (χ3n) is 8.36. The highest BCUT2D eigenvalue weighted by Crippen LogP contribution is 2.57. The molecule has 0 radical (unpaired) electrons. The van der Waals surface area contributed by atoms with Crippen molar-refractivity contribution >= 4 is 11.6 Å². The summed E-state index contributed by atoms with van der Waals surface area (Å²) in [5.41, 5.74) is 1.26. The van der Waals surface area contributed by atoms with Gasteiger partial charge in [-0.15, -0.1) is 0 Å². The van der Waals surface area contributed by atoms with E-state index in [-0.39, 0.29) is 34.8 Å². The molecule has 5 rings (SSSR count). The maximum absolute atomic E-state index is 13.1. The molecule has 0 unspecified atom stereocenters. The summed E-state index contributed by atoms with van der Waals surface area (Å²) in [7, 11) is 0. The van der Waals surface area contributed by atoms with Crippen molar-refractivity contribution in [3.8, 4) is 0 Å². The molecule has 4 aliphatic rings. The SMILES string of the molecule is CC1(C)C[C@@H]2[C@H](O)CC[C@H]3CC4=C(O[C@]3(C)CC[C@H]21)C(=O)c1ccccc1C4=O. The Morgan fingerprint density at radius 2 is 1.69 bits per heavy atom. The van der Waals surface area contributed by atoms with Crippen LogP contribution in [0.15, 0.2) is 35.6 Å². The largest absolute Gasteiger partial charge is 0.483 e. The molecular weight excluding hydrogens is 364 g/mol. The minimum Gasteiger partial charge on any atom is -0.483 e. The number of hydrogen-bond donors (Lipinski definition) is 1. The molecular formula is C25H30O4. The van der Waals surface area contributed by atoms with Crippen LogP contribution >= 0.6 is 0 Å². The molecule has 0 bridgehead atoms. The van der Waals surface area contributed by atoms with Gasteiger partial charge in [0, 0.05) is 22.6 Å². The van der Waals surface area contributed by atoms with Crippen molar-refractivity contribution in [2.45, 2.75) is 71.0 Å². The zero-order valence-electron chi connectivity index (χ0n) is 17.5. The van der Waals surface area contributed by atoms with E-state index in [1.807, 2.05) is 0 Å². The van der Waals surface area contributed by atoms with Crippen molar-refractivity contribution in [3.05, 3.63) is 46.7 Å². The summed E-state index contributed by atoms with van der Waals surface area (Å²) in [4.78, 5) is 26.3. The zero-order chi connectivity index (χ0) is 20.6. The summed E-state index contributed by atoms with van der Waals surface area (Å²) < 4.78 is 6.45. The normalized spacial score (nSPS) is 38.2. The summed E-state index contributed by atoms with van der Waals surface area (Å²) in [5, 5.41) is 10.8. The van der Waals surface area contributed by atoms with Gasteiger partial charge in [0.2, 0.25) is 5.78 Å². The number of benzene rings is 1. The van der Waals surface area contributed by atoms with Gasteiger partial charge in [0.1, 0.15) is 5.60 Å². The summed E-state index contributed by atoms with van der Waals surface area (Å²) in [6, 6.07) is 7.05. The van der Waals surface area contributed by atoms with Crippen molar-refractivity contribution in [1.29, 1.82) is 0 Å². The highest BCUT2D eigenvalue weighted by Gasteiger charge is 2.54. The summed E-state index contributed by atoms with van der Waals surface area (Å²) in [6.07, 6.45) is 4.76. The number of aliphatic hydroxyl groups is 1. The molecule has 5 atom stereocenters. The van der Waals surface area contributed by atoms with E-state index in [9.17, 15) is 14.7 Å². The van der Waals surface area contributed by atoms with E-state index in [4.69, 9.17) is 4.74 Å². The molecule has 1 aromatic carbocycles. The molecule has 2 saturated carbocycles. The molecule has 154 valence electrons. The molecule has 4 heteroatoms. The number of aliphatic hydroxyl groups excluding tert-OH is 1.